The Balaban J connectivity index is 1.66. The van der Waals surface area contributed by atoms with Crippen LogP contribution in [0.25, 0.3) is 0 Å². The Labute approximate surface area is 137 Å². The van der Waals surface area contributed by atoms with E-state index in [0.717, 1.165) is 10.4 Å². The molecule has 0 spiro atoms. The van der Waals surface area contributed by atoms with E-state index in [2.05, 4.69) is 10.9 Å². The lowest BCUT2D eigenvalue weighted by Gasteiger charge is -2.23. The zero-order valence-corrected chi connectivity index (χ0v) is 13.6. The first-order chi connectivity index (χ1) is 10.9. The molecule has 3 rings (SSSR count). The summed E-state index contributed by atoms with van der Waals surface area (Å²) in [5, 5.41) is 11.1. The lowest BCUT2D eigenvalue weighted by atomic mass is 9.82. The third kappa shape index (κ3) is 2.65. The second kappa shape index (κ2) is 5.81. The highest BCUT2D eigenvalue weighted by Gasteiger charge is 2.51. The molecule has 1 fully saturated rings. The molecule has 6 nitrogen and oxygen atoms in total. The van der Waals surface area contributed by atoms with Crippen molar-refractivity contribution in [3.05, 3.63) is 33.5 Å². The number of carboxylic acids is 1. The van der Waals surface area contributed by atoms with E-state index >= 15 is 0 Å². The lowest BCUT2D eigenvalue weighted by molar-refractivity contribution is -0.148. The van der Waals surface area contributed by atoms with Crippen molar-refractivity contribution in [3.63, 3.8) is 0 Å². The van der Waals surface area contributed by atoms with Gasteiger partial charge in [-0.2, -0.15) is 0 Å². The van der Waals surface area contributed by atoms with Crippen LogP contribution in [0, 0.1) is 37.5 Å². The van der Waals surface area contributed by atoms with Crippen LogP contribution in [0.5, 0.6) is 0 Å². The number of rotatable bonds is 3. The van der Waals surface area contributed by atoms with Crippen molar-refractivity contribution < 1.29 is 19.5 Å². The van der Waals surface area contributed by atoms with Crippen molar-refractivity contribution in [2.24, 2.45) is 23.7 Å². The van der Waals surface area contributed by atoms with Gasteiger partial charge in [0.1, 0.15) is 0 Å². The quantitative estimate of drug-likeness (QED) is 0.578. The van der Waals surface area contributed by atoms with Crippen molar-refractivity contribution in [2.45, 2.75) is 20.3 Å². The highest BCUT2D eigenvalue weighted by molar-refractivity contribution is 7.10. The molecule has 23 heavy (non-hydrogen) atoms. The van der Waals surface area contributed by atoms with Gasteiger partial charge in [0.2, 0.25) is 5.91 Å². The first kappa shape index (κ1) is 15.7. The average Bonchev–Trinajstić information content (AvgIpc) is 3.20. The Morgan fingerprint density at radius 1 is 1.13 bits per heavy atom. The first-order valence-corrected chi connectivity index (χ1v) is 8.34. The maximum Gasteiger partial charge on any atom is 0.307 e. The van der Waals surface area contributed by atoms with Crippen molar-refractivity contribution in [2.75, 3.05) is 0 Å². The van der Waals surface area contributed by atoms with Crippen molar-refractivity contribution in [3.8, 4) is 0 Å². The third-order valence-corrected chi connectivity index (χ3v) is 5.89. The van der Waals surface area contributed by atoms with Crippen LogP contribution in [0.4, 0.5) is 0 Å². The average molecular weight is 334 g/mol. The second-order valence-electron chi connectivity index (χ2n) is 6.11. The Morgan fingerprint density at radius 2 is 1.78 bits per heavy atom. The number of carbonyl (C=O) groups excluding carboxylic acids is 2. The minimum atomic E-state index is -0.961. The van der Waals surface area contributed by atoms with Gasteiger partial charge >= 0.3 is 5.97 Å². The van der Waals surface area contributed by atoms with E-state index in [1.165, 1.54) is 11.3 Å². The summed E-state index contributed by atoms with van der Waals surface area (Å²) in [5.41, 5.74) is 6.20. The summed E-state index contributed by atoms with van der Waals surface area (Å²) in [6.45, 7) is 3.78. The fourth-order valence-electron chi connectivity index (χ4n) is 3.52. The van der Waals surface area contributed by atoms with E-state index in [4.69, 9.17) is 0 Å². The van der Waals surface area contributed by atoms with Crippen LogP contribution in [0.1, 0.15) is 27.2 Å². The van der Waals surface area contributed by atoms with Crippen LogP contribution in [-0.4, -0.2) is 22.9 Å². The molecule has 4 atom stereocenters. The molecule has 2 bridgehead atoms. The van der Waals surface area contributed by atoms with Gasteiger partial charge in [-0.15, -0.1) is 11.3 Å². The monoisotopic (exact) mass is 334 g/mol. The number of allylic oxidation sites excluding steroid dienone is 2. The van der Waals surface area contributed by atoms with E-state index < -0.39 is 23.7 Å². The Kier molecular flexibility index (Phi) is 3.97. The SMILES string of the molecule is Cc1scc(C(=O)NNC(=O)[C@@H]2[C@@H](C(=O)O)[C@H]3C=C[C@H]2C3)c1C. The molecule has 1 aromatic heterocycles. The van der Waals surface area contributed by atoms with Gasteiger partial charge in [0.15, 0.2) is 0 Å². The van der Waals surface area contributed by atoms with Crippen LogP contribution in [0.2, 0.25) is 0 Å². The highest BCUT2D eigenvalue weighted by Crippen LogP contribution is 2.48. The van der Waals surface area contributed by atoms with Gasteiger partial charge in [0.25, 0.3) is 5.91 Å². The van der Waals surface area contributed by atoms with Crippen molar-refractivity contribution in [1.82, 2.24) is 10.9 Å². The van der Waals surface area contributed by atoms with Crippen LogP contribution in [0.3, 0.4) is 0 Å². The topological polar surface area (TPSA) is 95.5 Å². The predicted molar refractivity (Wildman–Crippen MR) is 84.8 cm³/mol. The first-order valence-electron chi connectivity index (χ1n) is 7.46. The van der Waals surface area contributed by atoms with Gasteiger partial charge < -0.3 is 5.11 Å². The summed E-state index contributed by atoms with van der Waals surface area (Å²) in [7, 11) is 0. The minimum Gasteiger partial charge on any atom is -0.481 e. The number of carbonyl (C=O) groups is 3. The van der Waals surface area contributed by atoms with E-state index in [9.17, 15) is 19.5 Å². The molecule has 0 unspecified atom stereocenters. The summed E-state index contributed by atoms with van der Waals surface area (Å²) >= 11 is 1.47. The molecule has 2 aliphatic rings. The normalized spacial score (nSPS) is 27.9. The number of hydrogen-bond acceptors (Lipinski definition) is 4. The van der Waals surface area contributed by atoms with Crippen molar-refractivity contribution >= 4 is 29.1 Å². The van der Waals surface area contributed by atoms with Gasteiger partial charge in [0.05, 0.1) is 17.4 Å². The number of fused-ring (bicyclic) bond motifs is 2. The summed E-state index contributed by atoms with van der Waals surface area (Å²) in [6, 6.07) is 0. The lowest BCUT2D eigenvalue weighted by Crippen LogP contribution is -2.48. The molecular formula is C16H18N2O4S. The van der Waals surface area contributed by atoms with Gasteiger partial charge in [-0.1, -0.05) is 12.2 Å². The van der Waals surface area contributed by atoms with Crippen molar-refractivity contribution in [1.29, 1.82) is 0 Å². The second-order valence-corrected chi connectivity index (χ2v) is 7.20. The molecule has 0 saturated heterocycles. The van der Waals surface area contributed by atoms with E-state index in [1.807, 2.05) is 26.0 Å². The van der Waals surface area contributed by atoms with Crippen LogP contribution >= 0.6 is 11.3 Å². The van der Waals surface area contributed by atoms with Crippen LogP contribution < -0.4 is 10.9 Å². The van der Waals surface area contributed by atoms with E-state index in [-0.39, 0.29) is 17.7 Å². The molecule has 3 N–H and O–H groups in total. The predicted octanol–water partition coefficient (Wildman–Crippen LogP) is 1.65. The number of hydrogen-bond donors (Lipinski definition) is 3. The standard InChI is InChI=1S/C16H18N2O4S/c1-7-8(2)23-6-11(7)14(19)17-18-15(20)12-9-3-4-10(5-9)13(12)16(21)22/h3-4,6,9-10,12-13H,5H2,1-2H3,(H,17,19)(H,18,20)(H,21,22)/t9-,10-,12-,13-/m0/s1. The summed E-state index contributed by atoms with van der Waals surface area (Å²) < 4.78 is 0. The molecule has 0 radical (unpaired) electrons. The zero-order chi connectivity index (χ0) is 16.7. The van der Waals surface area contributed by atoms with Crippen LogP contribution in [0.15, 0.2) is 17.5 Å². The molecule has 2 amide bonds. The van der Waals surface area contributed by atoms with Gasteiger partial charge in [-0.25, -0.2) is 0 Å². The molecule has 0 aromatic carbocycles. The number of aryl methyl sites for hydroxylation is 1. The van der Waals surface area contributed by atoms with E-state index in [1.54, 1.807) is 5.38 Å². The Bertz CT molecular complexity index is 709. The van der Waals surface area contributed by atoms with E-state index in [0.29, 0.717) is 12.0 Å². The molecule has 122 valence electrons. The molecule has 7 heteroatoms. The summed E-state index contributed by atoms with van der Waals surface area (Å²) in [5.74, 6) is -3.29. The number of amides is 2. The molecular weight excluding hydrogens is 316 g/mol. The van der Waals surface area contributed by atoms with Gasteiger partial charge in [-0.05, 0) is 37.7 Å². The summed E-state index contributed by atoms with van der Waals surface area (Å²) in [4.78, 5) is 36.9. The molecule has 0 aliphatic heterocycles. The number of aliphatic carboxylic acids is 1. The third-order valence-electron chi connectivity index (χ3n) is 4.88. The Hall–Kier alpha value is -2.15. The number of thiophene rings is 1. The number of carboxylic acid groups (broad SMARTS) is 1. The maximum atomic E-state index is 12.4. The number of hydrazine groups is 1. The largest absolute Gasteiger partial charge is 0.481 e. The maximum absolute atomic E-state index is 12.4. The Morgan fingerprint density at radius 3 is 2.35 bits per heavy atom. The highest BCUT2D eigenvalue weighted by atomic mass is 32.1. The number of nitrogens with one attached hydrogen (secondary N) is 2. The van der Waals surface area contributed by atoms with Gasteiger partial charge in [-0.3, -0.25) is 25.2 Å². The van der Waals surface area contributed by atoms with Crippen LogP contribution in [-0.2, 0) is 9.59 Å². The zero-order valence-electron chi connectivity index (χ0n) is 12.8. The van der Waals surface area contributed by atoms with Gasteiger partial charge in [0, 0.05) is 10.3 Å². The molecule has 1 aromatic rings. The summed E-state index contributed by atoms with van der Waals surface area (Å²) in [6.07, 6.45) is 4.47. The smallest absolute Gasteiger partial charge is 0.307 e. The fourth-order valence-corrected chi connectivity index (χ4v) is 4.39. The minimum absolute atomic E-state index is 0.0665. The molecule has 1 saturated carbocycles. The fraction of sp³-hybridized carbons (Fsp3) is 0.438. The molecule has 1 heterocycles. The molecule has 2 aliphatic carbocycles.